The molecule has 1 fully saturated rings. The zero-order chi connectivity index (χ0) is 9.80. The molecule has 14 heavy (non-hydrogen) atoms. The molecule has 0 radical (unpaired) electrons. The van der Waals surface area contributed by atoms with E-state index in [0.29, 0.717) is 6.04 Å². The van der Waals surface area contributed by atoms with E-state index < -0.39 is 0 Å². The van der Waals surface area contributed by atoms with Crippen LogP contribution >= 0.6 is 0 Å². The summed E-state index contributed by atoms with van der Waals surface area (Å²) in [6, 6.07) is 3.92. The molecule has 0 aromatic carbocycles. The fourth-order valence-corrected chi connectivity index (χ4v) is 1.85. The molecule has 0 amide bonds. The van der Waals surface area contributed by atoms with Gasteiger partial charge in [-0.3, -0.25) is 4.79 Å². The van der Waals surface area contributed by atoms with Crippen LogP contribution in [0.15, 0.2) is 16.9 Å². The first-order valence-electron chi connectivity index (χ1n) is 5.12. The van der Waals surface area contributed by atoms with Gasteiger partial charge in [-0.1, -0.05) is 12.8 Å². The largest absolute Gasteiger partial charge is 0.308 e. The summed E-state index contributed by atoms with van der Waals surface area (Å²) < 4.78 is 0. The van der Waals surface area contributed by atoms with Crippen LogP contribution < -0.4 is 10.9 Å². The van der Waals surface area contributed by atoms with Gasteiger partial charge in [0.1, 0.15) is 0 Å². The van der Waals surface area contributed by atoms with Crippen LogP contribution in [-0.2, 0) is 6.54 Å². The Morgan fingerprint density at radius 1 is 1.43 bits per heavy atom. The topological polar surface area (TPSA) is 57.8 Å². The number of aromatic nitrogens is 2. The number of nitrogens with one attached hydrogen (secondary N) is 2. The molecular formula is C10H15N3O. The molecular weight excluding hydrogens is 178 g/mol. The van der Waals surface area contributed by atoms with Crippen molar-refractivity contribution >= 4 is 0 Å². The minimum absolute atomic E-state index is 0.144. The maximum Gasteiger partial charge on any atom is 0.264 e. The standard InChI is InChI=1S/C10H15N3O/c14-10-6-5-9(12-13-10)7-11-8-3-1-2-4-8/h5-6,8,11H,1-4,7H2,(H,13,14). The Hall–Kier alpha value is -1.16. The van der Waals surface area contributed by atoms with Crippen LogP contribution in [0.5, 0.6) is 0 Å². The fourth-order valence-electron chi connectivity index (χ4n) is 1.85. The highest BCUT2D eigenvalue weighted by Gasteiger charge is 2.13. The number of nitrogens with zero attached hydrogens (tertiary/aromatic N) is 1. The molecule has 1 aliphatic carbocycles. The normalized spacial score (nSPS) is 17.4. The summed E-state index contributed by atoms with van der Waals surface area (Å²) in [6.45, 7) is 0.751. The number of rotatable bonds is 3. The highest BCUT2D eigenvalue weighted by atomic mass is 16.1. The Bertz CT molecular complexity index is 321. The summed E-state index contributed by atoms with van der Waals surface area (Å²) in [4.78, 5) is 10.7. The van der Waals surface area contributed by atoms with Gasteiger partial charge in [0.05, 0.1) is 5.69 Å². The minimum Gasteiger partial charge on any atom is -0.308 e. The summed E-state index contributed by atoms with van der Waals surface area (Å²) in [5.74, 6) is 0. The van der Waals surface area contributed by atoms with Crippen molar-refractivity contribution in [2.75, 3.05) is 0 Å². The first-order valence-corrected chi connectivity index (χ1v) is 5.12. The molecule has 1 aliphatic rings. The summed E-state index contributed by atoms with van der Waals surface area (Å²) in [6.07, 6.45) is 5.19. The summed E-state index contributed by atoms with van der Waals surface area (Å²) in [5.41, 5.74) is 0.756. The lowest BCUT2D eigenvalue weighted by molar-refractivity contribution is 0.517. The number of hydrogen-bond acceptors (Lipinski definition) is 3. The number of aromatic amines is 1. The zero-order valence-electron chi connectivity index (χ0n) is 8.12. The zero-order valence-corrected chi connectivity index (χ0v) is 8.12. The lowest BCUT2D eigenvalue weighted by atomic mass is 10.2. The van der Waals surface area contributed by atoms with E-state index in [0.717, 1.165) is 12.2 Å². The van der Waals surface area contributed by atoms with E-state index in [-0.39, 0.29) is 5.56 Å². The molecule has 0 unspecified atom stereocenters. The van der Waals surface area contributed by atoms with Crippen LogP contribution in [0.1, 0.15) is 31.4 Å². The molecule has 2 N–H and O–H groups in total. The Balaban J connectivity index is 1.85. The highest BCUT2D eigenvalue weighted by molar-refractivity contribution is 4.99. The van der Waals surface area contributed by atoms with Crippen LogP contribution in [0.3, 0.4) is 0 Å². The van der Waals surface area contributed by atoms with E-state index in [9.17, 15) is 4.79 Å². The van der Waals surface area contributed by atoms with Gasteiger partial charge in [0.25, 0.3) is 5.56 Å². The first kappa shape index (κ1) is 9.40. The predicted molar refractivity (Wildman–Crippen MR) is 54.0 cm³/mol. The van der Waals surface area contributed by atoms with E-state index in [1.54, 1.807) is 6.07 Å². The third-order valence-corrected chi connectivity index (χ3v) is 2.66. The van der Waals surface area contributed by atoms with Gasteiger partial charge in [0, 0.05) is 18.7 Å². The van der Waals surface area contributed by atoms with Crippen molar-refractivity contribution in [3.63, 3.8) is 0 Å². The second kappa shape index (κ2) is 4.37. The molecule has 0 aliphatic heterocycles. The molecule has 0 bridgehead atoms. The lowest BCUT2D eigenvalue weighted by Gasteiger charge is -2.10. The van der Waals surface area contributed by atoms with Gasteiger partial charge in [-0.05, 0) is 18.9 Å². The smallest absolute Gasteiger partial charge is 0.264 e. The van der Waals surface area contributed by atoms with Crippen LogP contribution in [-0.4, -0.2) is 16.2 Å². The van der Waals surface area contributed by atoms with Gasteiger partial charge in [-0.2, -0.15) is 5.10 Å². The molecule has 0 saturated heterocycles. The van der Waals surface area contributed by atoms with Gasteiger partial charge in [-0.15, -0.1) is 0 Å². The quantitative estimate of drug-likeness (QED) is 0.746. The number of hydrogen-bond donors (Lipinski definition) is 2. The van der Waals surface area contributed by atoms with E-state index in [1.165, 1.54) is 31.7 Å². The second-order valence-corrected chi connectivity index (χ2v) is 3.77. The van der Waals surface area contributed by atoms with E-state index in [2.05, 4.69) is 15.5 Å². The third-order valence-electron chi connectivity index (χ3n) is 2.66. The molecule has 4 nitrogen and oxygen atoms in total. The Kier molecular flexibility index (Phi) is 2.93. The van der Waals surface area contributed by atoms with Gasteiger partial charge in [0.2, 0.25) is 0 Å². The van der Waals surface area contributed by atoms with Crippen molar-refractivity contribution in [2.24, 2.45) is 0 Å². The lowest BCUT2D eigenvalue weighted by Crippen LogP contribution is -2.26. The molecule has 4 heteroatoms. The van der Waals surface area contributed by atoms with E-state index in [4.69, 9.17) is 0 Å². The maximum absolute atomic E-state index is 10.7. The highest BCUT2D eigenvalue weighted by Crippen LogP contribution is 2.17. The Morgan fingerprint density at radius 2 is 2.21 bits per heavy atom. The molecule has 1 aromatic heterocycles. The minimum atomic E-state index is -0.144. The van der Waals surface area contributed by atoms with E-state index >= 15 is 0 Å². The molecule has 76 valence electrons. The van der Waals surface area contributed by atoms with Gasteiger partial charge < -0.3 is 5.32 Å². The van der Waals surface area contributed by atoms with Crippen LogP contribution in [0.4, 0.5) is 0 Å². The van der Waals surface area contributed by atoms with Crippen molar-refractivity contribution in [2.45, 2.75) is 38.3 Å². The van der Waals surface area contributed by atoms with Gasteiger partial charge in [-0.25, -0.2) is 5.10 Å². The fraction of sp³-hybridized carbons (Fsp3) is 0.600. The van der Waals surface area contributed by atoms with Crippen molar-refractivity contribution in [1.29, 1.82) is 0 Å². The molecule has 0 atom stereocenters. The maximum atomic E-state index is 10.7. The average Bonchev–Trinajstić information content (AvgIpc) is 2.70. The van der Waals surface area contributed by atoms with Crippen LogP contribution in [0, 0.1) is 0 Å². The monoisotopic (exact) mass is 193 g/mol. The summed E-state index contributed by atoms with van der Waals surface area (Å²) >= 11 is 0. The molecule has 1 saturated carbocycles. The summed E-state index contributed by atoms with van der Waals surface area (Å²) in [5, 5.41) is 9.80. The number of H-pyrrole nitrogens is 1. The van der Waals surface area contributed by atoms with Crippen molar-refractivity contribution in [3.05, 3.63) is 28.2 Å². The Morgan fingerprint density at radius 3 is 2.86 bits per heavy atom. The van der Waals surface area contributed by atoms with E-state index in [1.807, 2.05) is 0 Å². The van der Waals surface area contributed by atoms with Crippen molar-refractivity contribution in [1.82, 2.24) is 15.5 Å². The second-order valence-electron chi connectivity index (χ2n) is 3.77. The van der Waals surface area contributed by atoms with Gasteiger partial charge in [0.15, 0.2) is 0 Å². The van der Waals surface area contributed by atoms with Crippen molar-refractivity contribution in [3.8, 4) is 0 Å². The molecule has 2 rings (SSSR count). The molecule has 1 heterocycles. The third kappa shape index (κ3) is 2.42. The SMILES string of the molecule is O=c1ccc(CNC2CCCC2)n[nH]1. The first-order chi connectivity index (χ1) is 6.84. The Labute approximate surface area is 82.7 Å². The van der Waals surface area contributed by atoms with Gasteiger partial charge >= 0.3 is 0 Å². The molecule has 0 spiro atoms. The summed E-state index contributed by atoms with van der Waals surface area (Å²) in [7, 11) is 0. The van der Waals surface area contributed by atoms with Crippen LogP contribution in [0.25, 0.3) is 0 Å². The van der Waals surface area contributed by atoms with Crippen molar-refractivity contribution < 1.29 is 0 Å². The molecule has 1 aromatic rings. The average molecular weight is 193 g/mol. The van der Waals surface area contributed by atoms with Crippen LogP contribution in [0.2, 0.25) is 0 Å². The predicted octanol–water partition coefficient (Wildman–Crippen LogP) is 0.802.